The molecular weight excluding hydrogens is 172 g/mol. The zero-order valence-corrected chi connectivity index (χ0v) is 10.4. The maximum Gasteiger partial charge on any atom is 0.125 e. The van der Waals surface area contributed by atoms with Crippen molar-refractivity contribution in [1.82, 2.24) is 0 Å². The predicted molar refractivity (Wildman–Crippen MR) is 65.3 cm³/mol. The molecule has 0 spiro atoms. The summed E-state index contributed by atoms with van der Waals surface area (Å²) in [6, 6.07) is 1.33. The van der Waals surface area contributed by atoms with Gasteiger partial charge in [-0.15, -0.1) is 0 Å². The van der Waals surface area contributed by atoms with Crippen molar-refractivity contribution in [2.24, 2.45) is 0 Å². The molecule has 0 aromatic carbocycles. The van der Waals surface area contributed by atoms with E-state index in [0.29, 0.717) is 0 Å². The van der Waals surface area contributed by atoms with Crippen LogP contribution in [0.4, 0.5) is 0 Å². The van der Waals surface area contributed by atoms with E-state index >= 15 is 0 Å². The molecule has 0 bridgehead atoms. The van der Waals surface area contributed by atoms with Gasteiger partial charge in [0, 0.05) is 0 Å². The van der Waals surface area contributed by atoms with Gasteiger partial charge in [-0.2, -0.15) is 0 Å². The van der Waals surface area contributed by atoms with Crippen LogP contribution in [-0.2, 0) is 0 Å². The number of hydrogen-bond donors (Lipinski definition) is 0. The van der Waals surface area contributed by atoms with Crippen LogP contribution in [0.3, 0.4) is 0 Å². The van der Waals surface area contributed by atoms with Gasteiger partial charge in [0.05, 0.1) is 0 Å². The van der Waals surface area contributed by atoms with Crippen molar-refractivity contribution in [2.75, 3.05) is 0 Å². The molecular formula is C12H22Si. The van der Waals surface area contributed by atoms with Gasteiger partial charge in [-0.05, 0) is 26.8 Å². The van der Waals surface area contributed by atoms with Crippen LogP contribution in [-0.4, -0.2) is 8.07 Å². The highest BCUT2D eigenvalue weighted by atomic mass is 28.3. The normalized spacial score (nSPS) is 17.5. The molecule has 0 rings (SSSR count). The fraction of sp³-hybridized carbons (Fsp3) is 0.500. The molecule has 0 amide bonds. The molecule has 1 heteroatoms. The van der Waals surface area contributed by atoms with E-state index in [2.05, 4.69) is 63.0 Å². The topological polar surface area (TPSA) is 0 Å². The van der Waals surface area contributed by atoms with Crippen molar-refractivity contribution in [3.8, 4) is 0 Å². The third kappa shape index (κ3) is 4.27. The van der Waals surface area contributed by atoms with Gasteiger partial charge in [0.1, 0.15) is 8.07 Å². The van der Waals surface area contributed by atoms with Gasteiger partial charge in [-0.1, -0.05) is 48.7 Å². The Bertz CT molecular complexity index is 168. The van der Waals surface area contributed by atoms with E-state index in [-0.39, 0.29) is 0 Å². The average Bonchev–Trinajstić information content (AvgIpc) is 2.06. The van der Waals surface area contributed by atoms with Gasteiger partial charge in [0.25, 0.3) is 0 Å². The summed E-state index contributed by atoms with van der Waals surface area (Å²) < 4.78 is 0. The largest absolute Gasteiger partial charge is 0.125 e. The lowest BCUT2D eigenvalue weighted by molar-refractivity contribution is 1.06. The van der Waals surface area contributed by atoms with E-state index in [1.807, 2.05) is 0 Å². The minimum Gasteiger partial charge on any atom is -0.0949 e. The van der Waals surface area contributed by atoms with Crippen LogP contribution in [0.25, 0.3) is 0 Å². The first kappa shape index (κ1) is 12.4. The van der Waals surface area contributed by atoms with Crippen molar-refractivity contribution in [1.29, 1.82) is 0 Å². The molecule has 0 nitrogen and oxygen atoms in total. The molecule has 0 aliphatic carbocycles. The van der Waals surface area contributed by atoms with E-state index in [1.165, 1.54) is 12.5 Å². The summed E-state index contributed by atoms with van der Waals surface area (Å²) in [5, 5.41) is 0. The van der Waals surface area contributed by atoms with Gasteiger partial charge in [-0.25, -0.2) is 0 Å². The molecule has 0 atom stereocenters. The average molecular weight is 194 g/mol. The lowest BCUT2D eigenvalue weighted by Crippen LogP contribution is -2.27. The van der Waals surface area contributed by atoms with Crippen molar-refractivity contribution in [3.05, 3.63) is 35.3 Å². The molecule has 0 aliphatic rings. The molecule has 0 heterocycles. The lowest BCUT2D eigenvalue weighted by Gasteiger charge is -2.19. The Balaban J connectivity index is 4.79. The van der Waals surface area contributed by atoms with Crippen LogP contribution in [0.1, 0.15) is 34.1 Å². The molecule has 0 saturated carbocycles. The first-order chi connectivity index (χ1) is 6.24. The maximum atomic E-state index is 2.41. The number of allylic oxidation sites excluding steroid dienone is 3. The number of hydrogen-bond acceptors (Lipinski definition) is 0. The fourth-order valence-corrected chi connectivity index (χ4v) is 5.34. The van der Waals surface area contributed by atoms with Crippen LogP contribution in [0.2, 0.25) is 6.04 Å². The van der Waals surface area contributed by atoms with Gasteiger partial charge in [0.2, 0.25) is 0 Å². The highest BCUT2D eigenvalue weighted by molar-refractivity contribution is 6.93. The van der Waals surface area contributed by atoms with E-state index in [1.54, 1.807) is 0 Å². The quantitative estimate of drug-likeness (QED) is 0.576. The van der Waals surface area contributed by atoms with Crippen molar-refractivity contribution >= 4 is 8.07 Å². The van der Waals surface area contributed by atoms with E-state index in [4.69, 9.17) is 0 Å². The summed E-state index contributed by atoms with van der Waals surface area (Å²) in [6.07, 6.45) is 7.86. The van der Waals surface area contributed by atoms with E-state index < -0.39 is 8.07 Å². The van der Waals surface area contributed by atoms with Crippen LogP contribution < -0.4 is 0 Å². The fourth-order valence-electron chi connectivity index (χ4n) is 1.78. The minimum atomic E-state index is -1.34. The van der Waals surface area contributed by atoms with Gasteiger partial charge >= 0.3 is 0 Å². The Labute approximate surface area is 84.1 Å². The minimum absolute atomic E-state index is 1.27. The smallest absolute Gasteiger partial charge is 0.0949 e. The van der Waals surface area contributed by atoms with Crippen molar-refractivity contribution in [3.63, 3.8) is 0 Å². The zero-order chi connectivity index (χ0) is 10.2. The molecule has 0 aromatic rings. The summed E-state index contributed by atoms with van der Waals surface area (Å²) in [5.74, 6) is 0. The monoisotopic (exact) mass is 194 g/mol. The Hall–Kier alpha value is -0.563. The van der Waals surface area contributed by atoms with E-state index in [9.17, 15) is 0 Å². The molecule has 0 saturated heterocycles. The summed E-state index contributed by atoms with van der Waals surface area (Å²) in [7, 11) is -1.34. The Morgan fingerprint density at radius 1 is 0.846 bits per heavy atom. The predicted octanol–water partition coefficient (Wildman–Crippen LogP) is 4.19. The van der Waals surface area contributed by atoms with Crippen molar-refractivity contribution in [2.45, 2.75) is 40.2 Å². The SMILES string of the molecule is CC=C[Si](C=CC)(C=CC)CCC. The molecule has 13 heavy (non-hydrogen) atoms. The lowest BCUT2D eigenvalue weighted by atomic mass is 10.6. The first-order valence-electron chi connectivity index (χ1n) is 5.16. The van der Waals surface area contributed by atoms with Crippen LogP contribution in [0.15, 0.2) is 35.3 Å². The maximum absolute atomic E-state index is 2.41. The second-order valence-corrected chi connectivity index (χ2v) is 7.09. The zero-order valence-electron chi connectivity index (χ0n) is 9.38. The third-order valence-electron chi connectivity index (χ3n) is 2.11. The summed E-state index contributed by atoms with van der Waals surface area (Å²) in [5.41, 5.74) is 7.24. The van der Waals surface area contributed by atoms with Crippen LogP contribution in [0.5, 0.6) is 0 Å². The summed E-state index contributed by atoms with van der Waals surface area (Å²) in [6.45, 7) is 8.61. The highest BCUT2D eigenvalue weighted by Crippen LogP contribution is 2.17. The molecule has 0 aromatic heterocycles. The Morgan fingerprint density at radius 2 is 1.23 bits per heavy atom. The summed E-state index contributed by atoms with van der Waals surface area (Å²) in [4.78, 5) is 0. The first-order valence-corrected chi connectivity index (χ1v) is 7.60. The van der Waals surface area contributed by atoms with Crippen LogP contribution in [0, 0.1) is 0 Å². The summed E-state index contributed by atoms with van der Waals surface area (Å²) >= 11 is 0. The molecule has 0 radical (unpaired) electrons. The van der Waals surface area contributed by atoms with Crippen molar-refractivity contribution < 1.29 is 0 Å². The highest BCUT2D eigenvalue weighted by Gasteiger charge is 2.20. The molecule has 74 valence electrons. The second-order valence-electron chi connectivity index (χ2n) is 3.36. The molecule has 0 N–H and O–H groups in total. The van der Waals surface area contributed by atoms with Crippen LogP contribution >= 0.6 is 0 Å². The molecule has 0 fully saturated rings. The second kappa shape index (κ2) is 6.90. The molecule has 0 aliphatic heterocycles. The van der Waals surface area contributed by atoms with Gasteiger partial charge in [-0.3, -0.25) is 0 Å². The Kier molecular flexibility index (Phi) is 6.60. The number of rotatable bonds is 5. The Morgan fingerprint density at radius 3 is 1.46 bits per heavy atom. The standard InChI is InChI=1S/C12H22Si/c1-5-9-13(10-6-2,11-7-3)12-8-4/h5-7,9-11H,8,12H2,1-4H3. The molecule has 0 unspecified atom stereocenters. The third-order valence-corrected chi connectivity index (χ3v) is 6.34. The van der Waals surface area contributed by atoms with Gasteiger partial charge in [0.15, 0.2) is 0 Å². The van der Waals surface area contributed by atoms with E-state index in [0.717, 1.165) is 0 Å². The van der Waals surface area contributed by atoms with Gasteiger partial charge < -0.3 is 0 Å².